The summed E-state index contributed by atoms with van der Waals surface area (Å²) >= 11 is 0. The van der Waals surface area contributed by atoms with Crippen LogP contribution in [0.4, 0.5) is 5.69 Å². The number of ether oxygens (including phenoxy) is 3. The van der Waals surface area contributed by atoms with E-state index in [9.17, 15) is 14.7 Å². The van der Waals surface area contributed by atoms with Crippen LogP contribution in [0, 0.1) is 0 Å². The minimum atomic E-state index is -1.07. The number of amides is 1. The maximum Gasteiger partial charge on any atom is 0.342 e. The van der Waals surface area contributed by atoms with Crippen LogP contribution in [0.5, 0.6) is 17.2 Å². The molecule has 28 heavy (non-hydrogen) atoms. The molecule has 1 atom stereocenters. The van der Waals surface area contributed by atoms with E-state index in [1.165, 1.54) is 19.1 Å². The van der Waals surface area contributed by atoms with Gasteiger partial charge in [-0.25, -0.2) is 4.79 Å². The Morgan fingerprint density at radius 3 is 2.54 bits per heavy atom. The summed E-state index contributed by atoms with van der Waals surface area (Å²) < 4.78 is 15.7. The summed E-state index contributed by atoms with van der Waals surface area (Å²) in [4.78, 5) is 24.8. The van der Waals surface area contributed by atoms with Crippen molar-refractivity contribution in [3.05, 3.63) is 60.2 Å². The van der Waals surface area contributed by atoms with Crippen molar-refractivity contribution in [2.24, 2.45) is 0 Å². The van der Waals surface area contributed by atoms with E-state index >= 15 is 0 Å². The molecule has 0 radical (unpaired) electrons. The van der Waals surface area contributed by atoms with Crippen LogP contribution < -0.4 is 14.8 Å². The van der Waals surface area contributed by atoms with Gasteiger partial charge in [0, 0.05) is 11.8 Å². The number of hydrogen-bond acceptors (Lipinski definition) is 6. The van der Waals surface area contributed by atoms with E-state index in [4.69, 9.17) is 14.2 Å². The summed E-state index contributed by atoms with van der Waals surface area (Å²) in [5.74, 6) is -0.357. The average molecular weight is 379 g/mol. The lowest BCUT2D eigenvalue weighted by molar-refractivity contribution is -0.123. The molecule has 142 valence electrons. The van der Waals surface area contributed by atoms with Gasteiger partial charge in [-0.1, -0.05) is 24.3 Å². The number of carbonyl (C=O) groups excluding carboxylic acids is 2. The van der Waals surface area contributed by atoms with E-state index in [-0.39, 0.29) is 18.1 Å². The van der Waals surface area contributed by atoms with E-state index in [0.717, 1.165) is 10.8 Å². The Morgan fingerprint density at radius 2 is 1.75 bits per heavy atom. The van der Waals surface area contributed by atoms with Gasteiger partial charge in [0.15, 0.2) is 17.6 Å². The zero-order valence-corrected chi connectivity index (χ0v) is 15.0. The van der Waals surface area contributed by atoms with Crippen molar-refractivity contribution in [2.75, 3.05) is 12.1 Å². The zero-order chi connectivity index (χ0) is 19.7. The molecule has 1 aliphatic heterocycles. The van der Waals surface area contributed by atoms with Gasteiger partial charge in [0.25, 0.3) is 5.91 Å². The lowest BCUT2D eigenvalue weighted by Gasteiger charge is -2.14. The molecular weight excluding hydrogens is 362 g/mol. The molecule has 4 rings (SSSR count). The van der Waals surface area contributed by atoms with E-state index in [1.54, 1.807) is 18.2 Å². The second-order valence-corrected chi connectivity index (χ2v) is 6.32. The van der Waals surface area contributed by atoms with Gasteiger partial charge in [0.2, 0.25) is 6.79 Å². The van der Waals surface area contributed by atoms with Crippen LogP contribution in [-0.2, 0) is 9.53 Å². The molecule has 2 N–H and O–H groups in total. The molecule has 3 aromatic carbocycles. The van der Waals surface area contributed by atoms with Gasteiger partial charge in [-0.2, -0.15) is 0 Å². The fourth-order valence-electron chi connectivity index (χ4n) is 2.89. The molecule has 0 saturated carbocycles. The summed E-state index contributed by atoms with van der Waals surface area (Å²) in [6.45, 7) is 1.59. The molecule has 7 nitrogen and oxygen atoms in total. The summed E-state index contributed by atoms with van der Waals surface area (Å²) in [6, 6.07) is 15.3. The van der Waals surface area contributed by atoms with E-state index in [0.29, 0.717) is 17.2 Å². The van der Waals surface area contributed by atoms with Crippen LogP contribution in [0.2, 0.25) is 0 Å². The number of phenols is 1. The highest BCUT2D eigenvalue weighted by Gasteiger charge is 2.22. The molecule has 3 aromatic rings. The number of benzene rings is 3. The molecule has 0 unspecified atom stereocenters. The minimum Gasteiger partial charge on any atom is -0.507 e. The average Bonchev–Trinajstić information content (AvgIpc) is 3.15. The Kier molecular flexibility index (Phi) is 4.49. The number of fused-ring (bicyclic) bond motifs is 2. The summed E-state index contributed by atoms with van der Waals surface area (Å²) in [7, 11) is 0. The first-order chi connectivity index (χ1) is 13.5. The topological polar surface area (TPSA) is 94.1 Å². The van der Waals surface area contributed by atoms with Gasteiger partial charge in [0.05, 0.1) is 0 Å². The molecule has 0 spiro atoms. The highest BCUT2D eigenvalue weighted by Crippen LogP contribution is 2.34. The van der Waals surface area contributed by atoms with Crippen molar-refractivity contribution in [2.45, 2.75) is 13.0 Å². The fraction of sp³-hybridized carbons (Fsp3) is 0.143. The quantitative estimate of drug-likeness (QED) is 0.674. The summed E-state index contributed by atoms with van der Waals surface area (Å²) in [5, 5.41) is 14.4. The van der Waals surface area contributed by atoms with Gasteiger partial charge >= 0.3 is 5.97 Å². The largest absolute Gasteiger partial charge is 0.507 e. The zero-order valence-electron chi connectivity index (χ0n) is 15.0. The van der Waals surface area contributed by atoms with Crippen LogP contribution in [-0.4, -0.2) is 29.9 Å². The fourth-order valence-corrected chi connectivity index (χ4v) is 2.89. The Labute approximate surface area is 160 Å². The number of carbonyl (C=O) groups is 2. The van der Waals surface area contributed by atoms with Crippen LogP contribution in [0.15, 0.2) is 54.6 Å². The van der Waals surface area contributed by atoms with E-state index < -0.39 is 18.0 Å². The highest BCUT2D eigenvalue weighted by atomic mass is 16.7. The van der Waals surface area contributed by atoms with Gasteiger partial charge in [0.1, 0.15) is 11.3 Å². The smallest absolute Gasteiger partial charge is 0.342 e. The van der Waals surface area contributed by atoms with Crippen molar-refractivity contribution in [1.29, 1.82) is 0 Å². The number of rotatable bonds is 4. The van der Waals surface area contributed by atoms with Crippen molar-refractivity contribution >= 4 is 28.3 Å². The third kappa shape index (κ3) is 3.42. The number of nitrogens with one attached hydrogen (secondary N) is 1. The number of phenolic OH excluding ortho intramolecular Hbond substituents is 1. The van der Waals surface area contributed by atoms with Crippen molar-refractivity contribution in [3.63, 3.8) is 0 Å². The van der Waals surface area contributed by atoms with E-state index in [2.05, 4.69) is 5.32 Å². The molecule has 1 amide bonds. The molecule has 0 aliphatic carbocycles. The molecule has 0 aromatic heterocycles. The normalized spacial score (nSPS) is 13.2. The van der Waals surface area contributed by atoms with Crippen LogP contribution >= 0.6 is 0 Å². The number of esters is 1. The first-order valence-electron chi connectivity index (χ1n) is 8.64. The molecule has 1 aliphatic rings. The SMILES string of the molecule is C[C@H](OC(=O)c1cc2ccccc2cc1O)C(=O)Nc1ccc2c(c1)OCO2. The number of hydrogen-bond donors (Lipinski definition) is 2. The number of anilines is 1. The van der Waals surface area contributed by atoms with Gasteiger partial charge < -0.3 is 24.6 Å². The second kappa shape index (κ2) is 7.11. The first-order valence-corrected chi connectivity index (χ1v) is 8.64. The summed E-state index contributed by atoms with van der Waals surface area (Å²) in [6.07, 6.45) is -1.07. The molecule has 0 bridgehead atoms. The maximum atomic E-state index is 12.4. The van der Waals surface area contributed by atoms with Crippen LogP contribution in [0.1, 0.15) is 17.3 Å². The van der Waals surface area contributed by atoms with Crippen molar-refractivity contribution in [1.82, 2.24) is 0 Å². The Morgan fingerprint density at radius 1 is 1.04 bits per heavy atom. The van der Waals surface area contributed by atoms with Crippen molar-refractivity contribution < 1.29 is 28.9 Å². The number of aromatic hydroxyl groups is 1. The molecular formula is C21H17NO6. The lowest BCUT2D eigenvalue weighted by Crippen LogP contribution is -2.30. The summed E-state index contributed by atoms with van der Waals surface area (Å²) in [5.41, 5.74) is 0.493. The Bertz CT molecular complexity index is 1080. The molecule has 7 heteroatoms. The van der Waals surface area contributed by atoms with Crippen LogP contribution in [0.3, 0.4) is 0 Å². The predicted molar refractivity (Wildman–Crippen MR) is 102 cm³/mol. The Hall–Kier alpha value is -3.74. The minimum absolute atomic E-state index is 0.00132. The van der Waals surface area contributed by atoms with Crippen molar-refractivity contribution in [3.8, 4) is 17.2 Å². The third-order valence-electron chi connectivity index (χ3n) is 4.38. The predicted octanol–water partition coefficient (Wildman–Crippen LogP) is 3.46. The standard InChI is InChI=1S/C21H17NO6/c1-12(20(24)22-15-6-7-18-19(10-15)27-11-26-18)28-21(25)16-8-13-4-2-3-5-14(13)9-17(16)23/h2-10,12,23H,11H2,1H3,(H,22,24)/t12-/m0/s1. The monoisotopic (exact) mass is 379 g/mol. The second-order valence-electron chi connectivity index (χ2n) is 6.32. The van der Waals surface area contributed by atoms with E-state index in [1.807, 2.05) is 24.3 Å². The van der Waals surface area contributed by atoms with Crippen LogP contribution in [0.25, 0.3) is 10.8 Å². The lowest BCUT2D eigenvalue weighted by atomic mass is 10.1. The van der Waals surface area contributed by atoms with Gasteiger partial charge in [-0.15, -0.1) is 0 Å². The molecule has 1 heterocycles. The Balaban J connectivity index is 1.45. The van der Waals surface area contributed by atoms with Gasteiger partial charge in [-0.05, 0) is 42.0 Å². The maximum absolute atomic E-state index is 12.4. The first kappa shape index (κ1) is 17.7. The van der Waals surface area contributed by atoms with Gasteiger partial charge in [-0.3, -0.25) is 4.79 Å². The molecule has 0 fully saturated rings. The highest BCUT2D eigenvalue weighted by molar-refractivity contribution is 6.01. The molecule has 0 saturated heterocycles. The third-order valence-corrected chi connectivity index (χ3v) is 4.38.